The Morgan fingerprint density at radius 3 is 2.18 bits per heavy atom. The molecule has 7 N–H and O–H groups in total. The summed E-state index contributed by atoms with van der Waals surface area (Å²) in [6, 6.07) is -1.36. The predicted molar refractivity (Wildman–Crippen MR) is 150 cm³/mol. The monoisotopic (exact) mass is 657 g/mol. The molecular weight excluding hydrogens is 614 g/mol. The van der Waals surface area contributed by atoms with E-state index in [0.29, 0.717) is 19.0 Å². The van der Waals surface area contributed by atoms with E-state index in [0.717, 1.165) is 6.92 Å². The van der Waals surface area contributed by atoms with E-state index in [1.165, 1.54) is 0 Å². The minimum Gasteiger partial charge on any atom is -0.388 e. The minimum absolute atomic E-state index is 0.00735. The molecule has 0 bridgehead atoms. The van der Waals surface area contributed by atoms with Crippen LogP contribution in [0.2, 0.25) is 0 Å². The smallest absolute Gasteiger partial charge is 0.252 e. The van der Waals surface area contributed by atoms with Gasteiger partial charge in [-0.2, -0.15) is 12.6 Å². The fourth-order valence-electron chi connectivity index (χ4n) is 4.24. The van der Waals surface area contributed by atoms with Gasteiger partial charge in [-0.1, -0.05) is 5.11 Å². The number of rotatable bonds is 20. The van der Waals surface area contributed by atoms with Crippen molar-refractivity contribution in [3.8, 4) is 0 Å². The van der Waals surface area contributed by atoms with Gasteiger partial charge in [0, 0.05) is 30.7 Å². The molecular formula is C24H43N5O14S. The largest absolute Gasteiger partial charge is 0.388 e. The first kappa shape index (κ1) is 38.3. The first-order valence-electron chi connectivity index (χ1n) is 14.0. The fraction of sp³-hybridized carbons (Fsp3) is 0.917. The Labute approximate surface area is 259 Å². The number of nitrogens with zero attached hydrogens (tertiary/aromatic N) is 3. The van der Waals surface area contributed by atoms with Crippen molar-refractivity contribution >= 4 is 24.4 Å². The number of hydrogen-bond acceptors (Lipinski definition) is 16. The number of ether oxygens (including phenoxy) is 7. The second-order valence-electron chi connectivity index (χ2n) is 9.66. The minimum atomic E-state index is -1.94. The number of thiol groups is 1. The van der Waals surface area contributed by atoms with Gasteiger partial charge in [-0.15, -0.1) is 0 Å². The molecule has 2 rings (SSSR count). The van der Waals surface area contributed by atoms with Crippen LogP contribution in [-0.4, -0.2) is 170 Å². The summed E-state index contributed by atoms with van der Waals surface area (Å²) in [6.45, 7) is 2.85. The number of hydrogen-bond donors (Lipinski definition) is 8. The lowest BCUT2D eigenvalue weighted by atomic mass is 9.95. The Bertz CT molecular complexity index is 905. The maximum Gasteiger partial charge on any atom is 0.252 e. The van der Waals surface area contributed by atoms with Gasteiger partial charge in [0.05, 0.1) is 52.9 Å². The molecule has 2 aliphatic rings. The molecule has 0 radical (unpaired) electrons. The normalized spacial score (nSPS) is 32.1. The van der Waals surface area contributed by atoms with E-state index in [4.69, 9.17) is 38.7 Å². The number of aliphatic hydroxyl groups excluding tert-OH is 5. The van der Waals surface area contributed by atoms with Gasteiger partial charge in [0.25, 0.3) is 5.91 Å². The second kappa shape index (κ2) is 21.0. The van der Waals surface area contributed by atoms with E-state index in [1.54, 1.807) is 0 Å². The molecule has 0 aromatic heterocycles. The van der Waals surface area contributed by atoms with Crippen LogP contribution < -0.4 is 10.6 Å². The van der Waals surface area contributed by atoms with Gasteiger partial charge < -0.3 is 69.3 Å². The Balaban J connectivity index is 1.93. The van der Waals surface area contributed by atoms with Crippen molar-refractivity contribution in [2.45, 2.75) is 68.3 Å². The van der Waals surface area contributed by atoms with E-state index in [1.807, 2.05) is 0 Å². The summed E-state index contributed by atoms with van der Waals surface area (Å²) >= 11 is 4.04. The summed E-state index contributed by atoms with van der Waals surface area (Å²) in [5, 5.41) is 60.5. The van der Waals surface area contributed by atoms with Gasteiger partial charge >= 0.3 is 0 Å². The van der Waals surface area contributed by atoms with Crippen LogP contribution in [0, 0.1) is 0 Å². The average Bonchev–Trinajstić information content (AvgIpc) is 2.99. The van der Waals surface area contributed by atoms with Gasteiger partial charge in [0.2, 0.25) is 5.91 Å². The van der Waals surface area contributed by atoms with Crippen molar-refractivity contribution < 1.29 is 68.3 Å². The summed E-state index contributed by atoms with van der Waals surface area (Å²) in [5.74, 6) is -1.06. The van der Waals surface area contributed by atoms with E-state index in [-0.39, 0.29) is 52.7 Å². The molecule has 20 heteroatoms. The summed E-state index contributed by atoms with van der Waals surface area (Å²) in [5.41, 5.74) is 8.18. The van der Waals surface area contributed by atoms with Gasteiger partial charge in [-0.25, -0.2) is 0 Å². The predicted octanol–water partition coefficient (Wildman–Crippen LogP) is -3.82. The Morgan fingerprint density at radius 2 is 1.55 bits per heavy atom. The summed E-state index contributed by atoms with van der Waals surface area (Å²) in [7, 11) is 0. The van der Waals surface area contributed by atoms with Gasteiger partial charge in [-0.05, 0) is 5.53 Å². The van der Waals surface area contributed by atoms with Gasteiger partial charge in [0.1, 0.15) is 42.7 Å². The third-order valence-corrected chi connectivity index (χ3v) is 6.57. The molecule has 2 saturated heterocycles. The third-order valence-electron chi connectivity index (χ3n) is 6.39. The molecule has 0 spiro atoms. The molecule has 19 nitrogen and oxygen atoms in total. The van der Waals surface area contributed by atoms with Crippen LogP contribution in [0.5, 0.6) is 0 Å². The zero-order chi connectivity index (χ0) is 32.5. The molecule has 0 aliphatic carbocycles. The third kappa shape index (κ3) is 12.5. The first-order chi connectivity index (χ1) is 21.1. The maximum atomic E-state index is 13.0. The summed E-state index contributed by atoms with van der Waals surface area (Å²) in [4.78, 5) is 27.4. The van der Waals surface area contributed by atoms with Gasteiger partial charge in [0.15, 0.2) is 18.7 Å². The van der Waals surface area contributed by atoms with E-state index >= 15 is 0 Å². The number of carbonyl (C=O) groups excluding carboxylic acids is 2. The van der Waals surface area contributed by atoms with E-state index < -0.39 is 73.2 Å². The van der Waals surface area contributed by atoms with Crippen LogP contribution in [0.15, 0.2) is 5.11 Å². The number of azide groups is 1. The Kier molecular flexibility index (Phi) is 18.3. The molecule has 44 heavy (non-hydrogen) atoms. The number of carbonyl (C=O) groups is 2. The molecule has 10 atom stereocenters. The van der Waals surface area contributed by atoms with Crippen molar-refractivity contribution in [3.63, 3.8) is 0 Å². The molecule has 10 unspecified atom stereocenters. The van der Waals surface area contributed by atoms with Crippen LogP contribution in [0.1, 0.15) is 6.92 Å². The molecule has 2 heterocycles. The van der Waals surface area contributed by atoms with Crippen molar-refractivity contribution in [1.82, 2.24) is 10.6 Å². The molecule has 0 saturated carbocycles. The van der Waals surface area contributed by atoms with Gasteiger partial charge in [-0.3, -0.25) is 9.59 Å². The SMILES string of the molecule is CC(=O)NC1C(OC2C(C(=O)NCCOCCOCCOCCN=[N+]=[N-])OC(O)C(O)C2O)OC(COCCS)C(O)C1O. The number of amides is 2. The molecule has 0 aromatic rings. The van der Waals surface area contributed by atoms with Crippen LogP contribution in [0.3, 0.4) is 0 Å². The second-order valence-corrected chi connectivity index (χ2v) is 10.1. The first-order valence-corrected chi connectivity index (χ1v) is 14.6. The topological polar surface area (TPSA) is 273 Å². The highest BCUT2D eigenvalue weighted by molar-refractivity contribution is 7.80. The lowest BCUT2D eigenvalue weighted by Crippen LogP contribution is -2.68. The number of aliphatic hydroxyl groups is 5. The summed E-state index contributed by atoms with van der Waals surface area (Å²) in [6.07, 6.45) is -14.8. The Hall–Kier alpha value is -1.88. The van der Waals surface area contributed by atoms with Crippen molar-refractivity contribution in [1.29, 1.82) is 0 Å². The van der Waals surface area contributed by atoms with E-state index in [9.17, 15) is 35.1 Å². The van der Waals surface area contributed by atoms with Crippen LogP contribution in [0.4, 0.5) is 0 Å². The van der Waals surface area contributed by atoms with Crippen LogP contribution in [0.25, 0.3) is 10.4 Å². The lowest BCUT2D eigenvalue weighted by molar-refractivity contribution is -0.334. The van der Waals surface area contributed by atoms with Crippen molar-refractivity contribution in [2.24, 2.45) is 5.11 Å². The Morgan fingerprint density at radius 1 is 0.886 bits per heavy atom. The standard InChI is InChI=1S/C24H43N5O14S/c1-13(30)28-15-17(32)16(31)14(12-40-10-11-44)41-24(15)43-20-18(33)19(34)23(36)42-21(20)22(35)26-2-4-37-6-8-39-9-7-38-5-3-27-29-25/h14-21,23-24,31-34,36,44H,2-12H2,1H3,(H,26,35)(H,28,30). The molecule has 2 fully saturated rings. The summed E-state index contributed by atoms with van der Waals surface area (Å²) < 4.78 is 38.1. The molecule has 0 aromatic carbocycles. The fourth-order valence-corrected chi connectivity index (χ4v) is 4.37. The zero-order valence-corrected chi connectivity index (χ0v) is 25.1. The number of nitrogens with one attached hydrogen (secondary N) is 2. The highest BCUT2D eigenvalue weighted by Gasteiger charge is 2.52. The highest BCUT2D eigenvalue weighted by Crippen LogP contribution is 2.29. The van der Waals surface area contributed by atoms with Crippen molar-refractivity contribution in [3.05, 3.63) is 10.4 Å². The quantitative estimate of drug-likeness (QED) is 0.0205. The van der Waals surface area contributed by atoms with Crippen LogP contribution in [-0.2, 0) is 42.7 Å². The van der Waals surface area contributed by atoms with Crippen molar-refractivity contribution in [2.75, 3.05) is 71.7 Å². The highest BCUT2D eigenvalue weighted by atomic mass is 32.1. The molecule has 2 aliphatic heterocycles. The molecule has 2 amide bonds. The zero-order valence-electron chi connectivity index (χ0n) is 24.3. The maximum absolute atomic E-state index is 13.0. The lowest BCUT2D eigenvalue weighted by Gasteiger charge is -2.46. The van der Waals surface area contributed by atoms with E-state index in [2.05, 4.69) is 33.3 Å². The average molecular weight is 658 g/mol. The van der Waals surface area contributed by atoms with Crippen LogP contribution >= 0.6 is 12.6 Å². The molecule has 254 valence electrons.